The van der Waals surface area contributed by atoms with Crippen LogP contribution in [0.5, 0.6) is 34.5 Å². The third kappa shape index (κ3) is 18.3. The van der Waals surface area contributed by atoms with Crippen molar-refractivity contribution in [1.82, 2.24) is 0 Å². The third-order valence-electron chi connectivity index (χ3n) is 5.60. The Morgan fingerprint density at radius 1 is 0.833 bits per heavy atom. The van der Waals surface area contributed by atoms with Crippen LogP contribution in [-0.2, 0) is 15.9 Å². The minimum Gasteiger partial charge on any atom is -0.497 e. The summed E-state index contributed by atoms with van der Waals surface area (Å²) in [5.41, 5.74) is 0.819. The Kier molecular flexibility index (Phi) is 26.3. The second kappa shape index (κ2) is 26.4. The van der Waals surface area contributed by atoms with Crippen LogP contribution in [0.25, 0.3) is 0 Å². The molecule has 2 saturated heterocycles. The van der Waals surface area contributed by atoms with Crippen molar-refractivity contribution < 1.29 is 61.9 Å². The van der Waals surface area contributed by atoms with Gasteiger partial charge in [-0.2, -0.15) is 6.42 Å². The van der Waals surface area contributed by atoms with Crippen LogP contribution in [0.2, 0.25) is 0 Å². The fourth-order valence-electron chi connectivity index (χ4n) is 3.20. The van der Waals surface area contributed by atoms with E-state index in [1.54, 1.807) is 73.8 Å². The molecule has 9 nitrogen and oxygen atoms in total. The zero-order valence-electron chi connectivity index (χ0n) is 27.6. The van der Waals surface area contributed by atoms with Crippen molar-refractivity contribution >= 4 is 0 Å². The van der Waals surface area contributed by atoms with Crippen LogP contribution >= 0.6 is 0 Å². The maximum Gasteiger partial charge on any atom is 1.00 e. The molecule has 1 N–H and O–H groups in total. The van der Waals surface area contributed by atoms with Crippen molar-refractivity contribution in [3.8, 4) is 34.5 Å². The number of methoxy groups -OCH3 is 6. The van der Waals surface area contributed by atoms with Gasteiger partial charge in [-0.1, -0.05) is 13.3 Å². The Labute approximate surface area is 266 Å². The zero-order valence-corrected chi connectivity index (χ0v) is 27.6. The average Bonchev–Trinajstić information content (AvgIpc) is 3.54. The minimum absolute atomic E-state index is 0. The number of ether oxygens (including phenoxy) is 8. The first-order valence-corrected chi connectivity index (χ1v) is 14.0. The van der Waals surface area contributed by atoms with Gasteiger partial charge in [-0.25, -0.2) is 0 Å². The molecule has 0 amide bonds. The second-order valence-electron chi connectivity index (χ2n) is 9.07. The van der Waals surface area contributed by atoms with Crippen molar-refractivity contribution in [3.05, 3.63) is 42.8 Å². The molecule has 0 saturated carbocycles. The zero-order chi connectivity index (χ0) is 31.0. The number of rotatable bonds is 9. The maximum atomic E-state index is 9.46. The third-order valence-corrected chi connectivity index (χ3v) is 5.60. The van der Waals surface area contributed by atoms with E-state index in [0.29, 0.717) is 41.3 Å². The van der Waals surface area contributed by atoms with E-state index in [-0.39, 0.29) is 18.9 Å². The number of epoxide rings is 1. The molecule has 0 spiro atoms. The smallest absolute Gasteiger partial charge is 0.497 e. The number of unbranched alkanes of at least 4 members (excludes halogenated alkanes) is 1. The summed E-state index contributed by atoms with van der Waals surface area (Å²) in [7, 11) is 9.55. The average molecular weight is 589 g/mol. The fraction of sp³-hybridized carbons (Fsp3) is 0.594. The number of benzene rings is 2. The molecule has 2 atom stereocenters. The van der Waals surface area contributed by atoms with E-state index in [4.69, 9.17) is 37.9 Å². The monoisotopic (exact) mass is 588 g/mol. The van der Waals surface area contributed by atoms with Gasteiger partial charge >= 0.3 is 18.9 Å². The molecule has 0 aliphatic carbocycles. The van der Waals surface area contributed by atoms with E-state index in [0.717, 1.165) is 37.6 Å². The molecule has 2 fully saturated rings. The van der Waals surface area contributed by atoms with Gasteiger partial charge in [0.1, 0.15) is 11.5 Å². The van der Waals surface area contributed by atoms with E-state index in [1.807, 2.05) is 6.07 Å². The molecule has 2 unspecified atom stereocenters. The molecular formula is C32H53LiO9. The van der Waals surface area contributed by atoms with E-state index in [2.05, 4.69) is 20.8 Å². The van der Waals surface area contributed by atoms with Gasteiger partial charge in [-0.3, -0.25) is 0 Å². The summed E-state index contributed by atoms with van der Waals surface area (Å²) in [5.74, 6) is 4.09. The van der Waals surface area contributed by atoms with Crippen LogP contribution in [-0.4, -0.2) is 79.8 Å². The Morgan fingerprint density at radius 3 is 1.64 bits per heavy atom. The van der Waals surface area contributed by atoms with Crippen LogP contribution in [0.4, 0.5) is 0 Å². The van der Waals surface area contributed by atoms with Crippen LogP contribution in [0.3, 0.4) is 0 Å². The summed E-state index contributed by atoms with van der Waals surface area (Å²) in [6.07, 6.45) is 5.42. The number of aliphatic hydroxyl groups is 1. The molecule has 2 aliphatic rings. The summed E-state index contributed by atoms with van der Waals surface area (Å²) in [6.45, 7) is 12.5. The van der Waals surface area contributed by atoms with Crippen molar-refractivity contribution in [2.45, 2.75) is 65.1 Å². The van der Waals surface area contributed by atoms with E-state index >= 15 is 0 Å². The van der Waals surface area contributed by atoms with Crippen molar-refractivity contribution in [2.24, 2.45) is 0 Å². The molecule has 2 aromatic carbocycles. The largest absolute Gasteiger partial charge is 1.00 e. The predicted molar refractivity (Wildman–Crippen MR) is 163 cm³/mol. The van der Waals surface area contributed by atoms with E-state index in [9.17, 15) is 5.11 Å². The first kappa shape index (κ1) is 41.9. The molecule has 0 radical (unpaired) electrons. The van der Waals surface area contributed by atoms with Crippen molar-refractivity contribution in [3.63, 3.8) is 0 Å². The molecule has 42 heavy (non-hydrogen) atoms. The number of hydrogen-bond donors (Lipinski definition) is 1. The SMILES string of the molecule is C1CCOC1.CC1CO1.COc1ccc(OC)c(OC)c1.COc1ccc(OC)c(OC)c1CC(C)O.[CH2-]CCC.[Li+]. The summed E-state index contributed by atoms with van der Waals surface area (Å²) >= 11 is 0. The summed E-state index contributed by atoms with van der Waals surface area (Å²) in [5, 5.41) is 9.46. The molecule has 10 heteroatoms. The minimum atomic E-state index is -0.463. The number of hydrogen-bond acceptors (Lipinski definition) is 9. The van der Waals surface area contributed by atoms with Crippen molar-refractivity contribution in [1.29, 1.82) is 0 Å². The summed E-state index contributed by atoms with van der Waals surface area (Å²) in [6, 6.07) is 8.99. The first-order chi connectivity index (χ1) is 19.8. The molecule has 0 bridgehead atoms. The summed E-state index contributed by atoms with van der Waals surface area (Å²) < 4.78 is 40.5. The van der Waals surface area contributed by atoms with Crippen molar-refractivity contribution in [2.75, 3.05) is 62.5 Å². The van der Waals surface area contributed by atoms with Gasteiger partial charge in [0.05, 0.1) is 61.5 Å². The quantitative estimate of drug-likeness (QED) is 0.269. The standard InChI is InChI=1S/C12H18O4.C9H12O3.C4H8O.C4H9.C3H6O.Li/c1-8(13)7-9-10(14-2)5-6-11(15-3)12(9)16-4;1-10-7-4-5-8(11-2)9(6-7)12-3;1-2-4-5-3-1;1-3-4-2;1-3-2-4-3;/h5-6,8,13H,7H2,1-4H3;4-6H,1-3H3;1-4H2;1,3-4H2,2H3;3H,2H2,1H3;/q;;;-1;;+1. The topological polar surface area (TPSA) is 97.4 Å². The van der Waals surface area contributed by atoms with Crippen LogP contribution in [0, 0.1) is 6.92 Å². The normalized spacial score (nSPS) is 14.6. The van der Waals surface area contributed by atoms with Gasteiger partial charge in [-0.05, 0) is 51.0 Å². The molecule has 236 valence electrons. The Morgan fingerprint density at radius 2 is 1.31 bits per heavy atom. The molecule has 4 rings (SSSR count). The van der Waals surface area contributed by atoms with Gasteiger partial charge in [-0.15, -0.1) is 0 Å². The summed E-state index contributed by atoms with van der Waals surface area (Å²) in [4.78, 5) is 0. The Bertz CT molecular complexity index is 907. The van der Waals surface area contributed by atoms with E-state index in [1.165, 1.54) is 19.3 Å². The molecular weight excluding hydrogens is 535 g/mol. The Hall–Kier alpha value is -2.28. The maximum absolute atomic E-state index is 9.46. The molecule has 2 heterocycles. The second-order valence-corrected chi connectivity index (χ2v) is 9.07. The predicted octanol–water partition coefficient (Wildman–Crippen LogP) is 3.17. The molecule has 0 aromatic heterocycles. The van der Waals surface area contributed by atoms with Gasteiger partial charge in [0.25, 0.3) is 0 Å². The molecule has 2 aromatic rings. The molecule has 2 aliphatic heterocycles. The van der Waals surface area contributed by atoms with Gasteiger partial charge in [0.15, 0.2) is 23.0 Å². The van der Waals surface area contributed by atoms with Crippen LogP contribution < -0.4 is 47.3 Å². The van der Waals surface area contributed by atoms with Gasteiger partial charge in [0, 0.05) is 31.3 Å². The van der Waals surface area contributed by atoms with Gasteiger partial charge < -0.3 is 49.9 Å². The number of aliphatic hydroxyl groups excluding tert-OH is 1. The first-order valence-electron chi connectivity index (χ1n) is 14.0. The van der Waals surface area contributed by atoms with Crippen LogP contribution in [0.1, 0.15) is 52.0 Å². The Balaban J connectivity index is 0. The van der Waals surface area contributed by atoms with E-state index < -0.39 is 6.10 Å². The van der Waals surface area contributed by atoms with Gasteiger partial charge in [0.2, 0.25) is 0 Å². The van der Waals surface area contributed by atoms with Crippen LogP contribution in [0.15, 0.2) is 30.3 Å². The fourth-order valence-corrected chi connectivity index (χ4v) is 3.20.